The molecule has 152 valence electrons. The van der Waals surface area contributed by atoms with Crippen molar-refractivity contribution in [2.45, 2.75) is 38.4 Å². The van der Waals surface area contributed by atoms with E-state index in [1.807, 2.05) is 51.2 Å². The second-order valence-electron chi connectivity index (χ2n) is 6.80. The fourth-order valence-corrected chi connectivity index (χ4v) is 3.77. The predicted octanol–water partition coefficient (Wildman–Crippen LogP) is 2.88. The number of para-hydroxylation sites is 1. The van der Waals surface area contributed by atoms with E-state index in [1.54, 1.807) is 0 Å². The molecule has 0 saturated carbocycles. The molecule has 8 heteroatoms. The van der Waals surface area contributed by atoms with Crippen LogP contribution in [-0.4, -0.2) is 45.7 Å². The monoisotopic (exact) mass is 412 g/mol. The molecule has 7 nitrogen and oxygen atoms in total. The lowest BCUT2D eigenvalue weighted by Gasteiger charge is -2.16. The van der Waals surface area contributed by atoms with Gasteiger partial charge in [-0.2, -0.15) is 0 Å². The first kappa shape index (κ1) is 20.9. The molecule has 0 aliphatic rings. The third-order valence-corrected chi connectivity index (χ3v) is 5.71. The van der Waals surface area contributed by atoms with E-state index >= 15 is 0 Å². The molecule has 3 aromatic rings. The van der Waals surface area contributed by atoms with Gasteiger partial charge in [0, 0.05) is 34.9 Å². The van der Waals surface area contributed by atoms with Crippen molar-refractivity contribution < 1.29 is 14.3 Å². The molecule has 0 unspecified atom stereocenters. The summed E-state index contributed by atoms with van der Waals surface area (Å²) in [6, 6.07) is 7.05. The molecule has 2 aromatic heterocycles. The summed E-state index contributed by atoms with van der Waals surface area (Å²) in [5.41, 5.74) is 4.76. The van der Waals surface area contributed by atoms with Crippen molar-refractivity contribution in [3.63, 3.8) is 0 Å². The minimum atomic E-state index is -0.769. The number of H-pyrrole nitrogens is 1. The van der Waals surface area contributed by atoms with Gasteiger partial charge >= 0.3 is 5.97 Å². The lowest BCUT2D eigenvalue weighted by Crippen LogP contribution is -2.43. The summed E-state index contributed by atoms with van der Waals surface area (Å²) in [5.74, 6) is -0.639. The number of ether oxygens (including phenoxy) is 1. The highest BCUT2D eigenvalue weighted by Crippen LogP contribution is 2.20. The third-order valence-electron chi connectivity index (χ3n) is 4.86. The first-order valence-electron chi connectivity index (χ1n) is 9.26. The van der Waals surface area contributed by atoms with Crippen LogP contribution in [0, 0.1) is 20.8 Å². The maximum absolute atomic E-state index is 12.5. The van der Waals surface area contributed by atoms with E-state index in [0.29, 0.717) is 11.6 Å². The van der Waals surface area contributed by atoms with Gasteiger partial charge in [-0.3, -0.25) is 4.79 Å². The van der Waals surface area contributed by atoms with Crippen molar-refractivity contribution in [1.82, 2.24) is 20.3 Å². The number of amides is 1. The first-order valence-corrected chi connectivity index (χ1v) is 10.2. The molecule has 0 aliphatic carbocycles. The Morgan fingerprint density at radius 2 is 1.86 bits per heavy atom. The molecular weight excluding hydrogens is 388 g/mol. The van der Waals surface area contributed by atoms with Gasteiger partial charge in [0.1, 0.15) is 6.04 Å². The number of benzene rings is 1. The molecule has 1 atom stereocenters. The minimum Gasteiger partial charge on any atom is -0.467 e. The molecule has 0 fully saturated rings. The van der Waals surface area contributed by atoms with Crippen LogP contribution >= 0.6 is 11.8 Å². The number of hydrogen-bond donors (Lipinski definition) is 2. The number of methoxy groups -OCH3 is 1. The number of thioether (sulfide) groups is 1. The average Bonchev–Trinajstić information content (AvgIpc) is 3.12. The van der Waals surface area contributed by atoms with Crippen LogP contribution in [0.5, 0.6) is 0 Å². The van der Waals surface area contributed by atoms with Crippen LogP contribution in [0.4, 0.5) is 0 Å². The molecule has 0 radical (unpaired) electrons. The second kappa shape index (κ2) is 9.09. The molecule has 3 rings (SSSR count). The van der Waals surface area contributed by atoms with Crippen LogP contribution in [0.2, 0.25) is 0 Å². The van der Waals surface area contributed by atoms with E-state index in [-0.39, 0.29) is 11.7 Å². The van der Waals surface area contributed by atoms with Crippen LogP contribution in [0.25, 0.3) is 10.9 Å². The molecule has 1 amide bonds. The number of esters is 1. The number of carbonyl (C=O) groups excluding carboxylic acids is 2. The Labute approximate surface area is 173 Å². The Bertz CT molecular complexity index is 1020. The maximum atomic E-state index is 12.5. The van der Waals surface area contributed by atoms with Gasteiger partial charge in [-0.25, -0.2) is 14.8 Å². The number of aromatic nitrogens is 3. The van der Waals surface area contributed by atoms with Crippen LogP contribution in [0.3, 0.4) is 0 Å². The summed E-state index contributed by atoms with van der Waals surface area (Å²) in [7, 11) is 1.32. The summed E-state index contributed by atoms with van der Waals surface area (Å²) < 4.78 is 4.89. The summed E-state index contributed by atoms with van der Waals surface area (Å²) >= 11 is 1.24. The zero-order valence-corrected chi connectivity index (χ0v) is 17.7. The van der Waals surface area contributed by atoms with Crippen molar-refractivity contribution in [2.75, 3.05) is 12.9 Å². The number of carbonyl (C=O) groups is 2. The fraction of sp³-hybridized carbons (Fsp3) is 0.333. The number of aromatic amines is 1. The highest BCUT2D eigenvalue weighted by Gasteiger charge is 2.23. The predicted molar refractivity (Wildman–Crippen MR) is 113 cm³/mol. The Hall–Kier alpha value is -2.87. The summed E-state index contributed by atoms with van der Waals surface area (Å²) in [6.45, 7) is 5.81. The minimum absolute atomic E-state index is 0.114. The molecule has 0 bridgehead atoms. The highest BCUT2D eigenvalue weighted by molar-refractivity contribution is 7.99. The van der Waals surface area contributed by atoms with Crippen molar-refractivity contribution in [3.8, 4) is 0 Å². The third kappa shape index (κ3) is 4.95. The number of hydrogen-bond acceptors (Lipinski definition) is 6. The van der Waals surface area contributed by atoms with E-state index in [0.717, 1.165) is 33.4 Å². The Morgan fingerprint density at radius 3 is 2.55 bits per heavy atom. The average molecular weight is 413 g/mol. The fourth-order valence-electron chi connectivity index (χ4n) is 3.03. The van der Waals surface area contributed by atoms with Crippen molar-refractivity contribution in [3.05, 3.63) is 53.0 Å². The van der Waals surface area contributed by atoms with Gasteiger partial charge in [0.05, 0.1) is 12.9 Å². The molecular formula is C21H24N4O3S. The highest BCUT2D eigenvalue weighted by atomic mass is 32.2. The molecule has 2 heterocycles. The van der Waals surface area contributed by atoms with Crippen LogP contribution < -0.4 is 5.32 Å². The summed E-state index contributed by atoms with van der Waals surface area (Å²) in [6.07, 6.45) is 2.19. The Kier molecular flexibility index (Phi) is 6.53. The number of rotatable bonds is 7. The number of nitrogens with one attached hydrogen (secondary N) is 2. The van der Waals surface area contributed by atoms with Crippen LogP contribution in [0.15, 0.2) is 35.6 Å². The summed E-state index contributed by atoms with van der Waals surface area (Å²) in [5, 5.41) is 4.34. The van der Waals surface area contributed by atoms with E-state index in [1.165, 1.54) is 18.9 Å². The smallest absolute Gasteiger partial charge is 0.328 e. The van der Waals surface area contributed by atoms with Gasteiger partial charge in [0.2, 0.25) is 5.91 Å². The number of aryl methyl sites for hydroxylation is 2. The van der Waals surface area contributed by atoms with Crippen LogP contribution in [-0.2, 0) is 20.7 Å². The van der Waals surface area contributed by atoms with Gasteiger partial charge < -0.3 is 15.0 Å². The summed E-state index contributed by atoms with van der Waals surface area (Å²) in [4.78, 5) is 36.7. The van der Waals surface area contributed by atoms with Gasteiger partial charge in [0.25, 0.3) is 0 Å². The van der Waals surface area contributed by atoms with E-state index in [4.69, 9.17) is 4.74 Å². The SMILES string of the molecule is COC(=O)[C@@H](Cc1c[nH]c2ccccc12)NC(=O)CSc1nc(C)c(C)c(C)n1. The maximum Gasteiger partial charge on any atom is 0.328 e. The lowest BCUT2D eigenvalue weighted by atomic mass is 10.0. The zero-order chi connectivity index (χ0) is 21.0. The second-order valence-corrected chi connectivity index (χ2v) is 7.74. The van der Waals surface area contributed by atoms with Crippen LogP contribution in [0.1, 0.15) is 22.5 Å². The molecule has 0 saturated heterocycles. The van der Waals surface area contributed by atoms with Gasteiger partial charge in [0.15, 0.2) is 5.16 Å². The van der Waals surface area contributed by atoms with Gasteiger partial charge in [-0.1, -0.05) is 30.0 Å². The molecule has 29 heavy (non-hydrogen) atoms. The van der Waals surface area contributed by atoms with Crippen molar-refractivity contribution in [2.24, 2.45) is 0 Å². The number of fused-ring (bicyclic) bond motifs is 1. The molecule has 1 aromatic carbocycles. The Balaban J connectivity index is 1.67. The standard InChI is InChI=1S/C21H24N4O3S/c1-12-13(2)23-21(24-14(12)3)29-11-19(26)25-18(20(27)28-4)9-15-10-22-17-8-6-5-7-16(15)17/h5-8,10,18,22H,9,11H2,1-4H3,(H,25,26)/t18-/m1/s1. The normalized spacial score (nSPS) is 12.0. The number of nitrogens with zero attached hydrogens (tertiary/aromatic N) is 2. The molecule has 0 spiro atoms. The lowest BCUT2D eigenvalue weighted by molar-refractivity contribution is -0.144. The van der Waals surface area contributed by atoms with Crippen molar-refractivity contribution >= 4 is 34.5 Å². The van der Waals surface area contributed by atoms with Gasteiger partial charge in [-0.05, 0) is 38.0 Å². The van der Waals surface area contributed by atoms with E-state index < -0.39 is 12.0 Å². The van der Waals surface area contributed by atoms with E-state index in [2.05, 4.69) is 20.3 Å². The van der Waals surface area contributed by atoms with Crippen molar-refractivity contribution in [1.29, 1.82) is 0 Å². The van der Waals surface area contributed by atoms with Gasteiger partial charge in [-0.15, -0.1) is 0 Å². The first-order chi connectivity index (χ1) is 13.9. The quantitative estimate of drug-likeness (QED) is 0.352. The molecule has 0 aliphatic heterocycles. The topological polar surface area (TPSA) is 97.0 Å². The van der Waals surface area contributed by atoms with E-state index in [9.17, 15) is 9.59 Å². The zero-order valence-electron chi connectivity index (χ0n) is 16.9. The largest absolute Gasteiger partial charge is 0.467 e. The molecule has 2 N–H and O–H groups in total. The Morgan fingerprint density at radius 1 is 1.17 bits per heavy atom.